The van der Waals surface area contributed by atoms with Gasteiger partial charge in [0.2, 0.25) is 0 Å². The lowest BCUT2D eigenvalue weighted by atomic mass is 10.2. The van der Waals surface area contributed by atoms with Crippen molar-refractivity contribution in [2.24, 2.45) is 0 Å². The van der Waals surface area contributed by atoms with Gasteiger partial charge < -0.3 is 15.2 Å². The number of carboxylic acids is 1. The summed E-state index contributed by atoms with van der Waals surface area (Å²) < 4.78 is 40.9. The molecule has 2 N–H and O–H groups in total. The molecule has 8 heteroatoms. The van der Waals surface area contributed by atoms with Gasteiger partial charge in [0.05, 0.1) is 18.4 Å². The van der Waals surface area contributed by atoms with Crippen molar-refractivity contribution in [1.82, 2.24) is 0 Å². The molecule has 0 aromatic heterocycles. The second-order valence-electron chi connectivity index (χ2n) is 3.17. The van der Waals surface area contributed by atoms with Crippen molar-refractivity contribution in [1.29, 1.82) is 0 Å². The van der Waals surface area contributed by atoms with Crippen LogP contribution < -0.4 is 10.1 Å². The van der Waals surface area contributed by atoms with Crippen molar-refractivity contribution >= 4 is 17.6 Å². The summed E-state index contributed by atoms with van der Waals surface area (Å²) in [4.78, 5) is 21.4. The van der Waals surface area contributed by atoms with Crippen LogP contribution in [-0.2, 0) is 4.79 Å². The van der Waals surface area contributed by atoms with Gasteiger partial charge in [-0.05, 0) is 18.2 Å². The topological polar surface area (TPSA) is 75.6 Å². The molecule has 1 aromatic carbocycles. The Balaban J connectivity index is 3.09. The maximum absolute atomic E-state index is 12.1. The smallest absolute Gasteiger partial charge is 0.471 e. The van der Waals surface area contributed by atoms with Crippen LogP contribution in [0, 0.1) is 0 Å². The summed E-state index contributed by atoms with van der Waals surface area (Å²) in [6.45, 7) is 0. The number of carboxylic acid groups (broad SMARTS) is 1. The Morgan fingerprint density at radius 1 is 1.33 bits per heavy atom. The largest absolute Gasteiger partial charge is 0.495 e. The number of halogens is 3. The van der Waals surface area contributed by atoms with E-state index >= 15 is 0 Å². The molecule has 0 heterocycles. The van der Waals surface area contributed by atoms with Crippen molar-refractivity contribution in [3.05, 3.63) is 23.8 Å². The predicted octanol–water partition coefficient (Wildman–Crippen LogP) is 1.89. The number of hydrogen-bond donors (Lipinski definition) is 2. The third-order valence-electron chi connectivity index (χ3n) is 1.95. The highest BCUT2D eigenvalue weighted by Crippen LogP contribution is 2.27. The van der Waals surface area contributed by atoms with Crippen LogP contribution in [0.15, 0.2) is 18.2 Å². The molecule has 0 spiro atoms. The molecule has 0 unspecified atom stereocenters. The highest BCUT2D eigenvalue weighted by molar-refractivity contribution is 5.98. The van der Waals surface area contributed by atoms with Gasteiger partial charge in [-0.25, -0.2) is 4.79 Å². The Labute approximate surface area is 99.2 Å². The third-order valence-corrected chi connectivity index (χ3v) is 1.95. The SMILES string of the molecule is COc1ccc(C(=O)O)cc1NC(=O)C(F)(F)F. The van der Waals surface area contributed by atoms with E-state index in [0.29, 0.717) is 0 Å². The summed E-state index contributed by atoms with van der Waals surface area (Å²) in [5.41, 5.74) is -0.631. The number of benzene rings is 1. The Morgan fingerprint density at radius 3 is 2.39 bits per heavy atom. The van der Waals surface area contributed by atoms with Crippen LogP contribution in [0.4, 0.5) is 18.9 Å². The van der Waals surface area contributed by atoms with Crippen LogP contribution in [0.25, 0.3) is 0 Å². The fourth-order valence-electron chi connectivity index (χ4n) is 1.13. The second kappa shape index (κ2) is 4.94. The number of rotatable bonds is 3. The molecule has 0 saturated carbocycles. The standard InChI is InChI=1S/C10H8F3NO4/c1-18-7-3-2-5(8(15)16)4-6(7)14-9(17)10(11,12)13/h2-4H,1H3,(H,14,17)(H,15,16). The first-order valence-electron chi connectivity index (χ1n) is 4.55. The Bertz CT molecular complexity index is 485. The summed E-state index contributed by atoms with van der Waals surface area (Å²) in [6.07, 6.45) is -5.07. The number of carbonyl (C=O) groups excluding carboxylic acids is 1. The second-order valence-corrected chi connectivity index (χ2v) is 3.17. The van der Waals surface area contributed by atoms with E-state index < -0.39 is 18.1 Å². The average molecular weight is 263 g/mol. The molecule has 98 valence electrons. The zero-order valence-corrected chi connectivity index (χ0v) is 9.04. The van der Waals surface area contributed by atoms with E-state index in [1.54, 1.807) is 5.32 Å². The molecular weight excluding hydrogens is 255 g/mol. The number of methoxy groups -OCH3 is 1. The molecule has 0 fully saturated rings. The first-order chi connectivity index (χ1) is 8.25. The molecule has 1 rings (SSSR count). The Morgan fingerprint density at radius 2 is 1.94 bits per heavy atom. The van der Waals surface area contributed by atoms with Crippen LogP contribution in [0.2, 0.25) is 0 Å². The maximum Gasteiger partial charge on any atom is 0.471 e. The van der Waals surface area contributed by atoms with Crippen LogP contribution in [0.1, 0.15) is 10.4 Å². The van der Waals surface area contributed by atoms with Gasteiger partial charge in [-0.2, -0.15) is 13.2 Å². The van der Waals surface area contributed by atoms with E-state index in [0.717, 1.165) is 18.2 Å². The number of nitrogens with one attached hydrogen (secondary N) is 1. The molecule has 18 heavy (non-hydrogen) atoms. The monoisotopic (exact) mass is 263 g/mol. The van der Waals surface area contributed by atoms with Crippen molar-refractivity contribution in [3.63, 3.8) is 0 Å². The van der Waals surface area contributed by atoms with Gasteiger partial charge in [0.15, 0.2) is 0 Å². The summed E-state index contributed by atoms with van der Waals surface area (Å²) in [5, 5.41) is 10.2. The molecule has 0 atom stereocenters. The van der Waals surface area contributed by atoms with Gasteiger partial charge in [-0.15, -0.1) is 0 Å². The lowest BCUT2D eigenvalue weighted by Gasteiger charge is -2.12. The van der Waals surface area contributed by atoms with Crippen LogP contribution >= 0.6 is 0 Å². The van der Waals surface area contributed by atoms with Crippen LogP contribution in [-0.4, -0.2) is 30.3 Å². The Hall–Kier alpha value is -2.25. The molecule has 1 amide bonds. The van der Waals surface area contributed by atoms with Gasteiger partial charge in [-0.1, -0.05) is 0 Å². The van der Waals surface area contributed by atoms with Crippen molar-refractivity contribution < 1.29 is 32.6 Å². The number of anilines is 1. The maximum atomic E-state index is 12.1. The first-order valence-corrected chi connectivity index (χ1v) is 4.55. The summed E-state index contributed by atoms with van der Waals surface area (Å²) in [7, 11) is 1.18. The minimum Gasteiger partial charge on any atom is -0.495 e. The summed E-state index contributed by atoms with van der Waals surface area (Å²) >= 11 is 0. The molecule has 0 radical (unpaired) electrons. The minimum atomic E-state index is -5.07. The lowest BCUT2D eigenvalue weighted by molar-refractivity contribution is -0.167. The number of hydrogen-bond acceptors (Lipinski definition) is 3. The van der Waals surface area contributed by atoms with Gasteiger partial charge in [0, 0.05) is 0 Å². The van der Waals surface area contributed by atoms with Crippen molar-refractivity contribution in [2.45, 2.75) is 6.18 Å². The summed E-state index contributed by atoms with van der Waals surface area (Å²) in [6, 6.07) is 3.17. The quantitative estimate of drug-likeness (QED) is 0.873. The molecular formula is C10H8F3NO4. The van der Waals surface area contributed by atoms with Gasteiger partial charge in [-0.3, -0.25) is 4.79 Å². The first kappa shape index (κ1) is 13.8. The molecule has 0 aliphatic carbocycles. The zero-order valence-electron chi connectivity index (χ0n) is 9.04. The van der Waals surface area contributed by atoms with E-state index in [-0.39, 0.29) is 17.0 Å². The van der Waals surface area contributed by atoms with E-state index in [9.17, 15) is 22.8 Å². The number of amides is 1. The normalized spacial score (nSPS) is 10.9. The highest BCUT2D eigenvalue weighted by atomic mass is 19.4. The number of alkyl halides is 3. The molecule has 0 bridgehead atoms. The van der Waals surface area contributed by atoms with E-state index in [4.69, 9.17) is 9.84 Å². The molecule has 5 nitrogen and oxygen atoms in total. The van der Waals surface area contributed by atoms with E-state index in [1.807, 2.05) is 0 Å². The van der Waals surface area contributed by atoms with Gasteiger partial charge >= 0.3 is 18.1 Å². The van der Waals surface area contributed by atoms with Crippen LogP contribution in [0.5, 0.6) is 5.75 Å². The van der Waals surface area contributed by atoms with Crippen LogP contribution in [0.3, 0.4) is 0 Å². The fraction of sp³-hybridized carbons (Fsp3) is 0.200. The lowest BCUT2D eigenvalue weighted by Crippen LogP contribution is -2.30. The number of ether oxygens (including phenoxy) is 1. The van der Waals surface area contributed by atoms with E-state index in [2.05, 4.69) is 0 Å². The minimum absolute atomic E-state index is 0.0717. The van der Waals surface area contributed by atoms with Gasteiger partial charge in [0.1, 0.15) is 5.75 Å². The third kappa shape index (κ3) is 3.12. The van der Waals surface area contributed by atoms with Crippen molar-refractivity contribution in [3.8, 4) is 5.75 Å². The Kier molecular flexibility index (Phi) is 3.79. The fourth-order valence-corrected chi connectivity index (χ4v) is 1.13. The zero-order chi connectivity index (χ0) is 13.9. The molecule has 0 saturated heterocycles. The predicted molar refractivity (Wildman–Crippen MR) is 54.6 cm³/mol. The van der Waals surface area contributed by atoms with Crippen molar-refractivity contribution in [2.75, 3.05) is 12.4 Å². The molecule has 0 aliphatic rings. The average Bonchev–Trinajstić information content (AvgIpc) is 2.27. The summed E-state index contributed by atoms with van der Waals surface area (Å²) in [5.74, 6) is -3.61. The number of aromatic carboxylic acids is 1. The van der Waals surface area contributed by atoms with E-state index in [1.165, 1.54) is 7.11 Å². The number of carbonyl (C=O) groups is 2. The molecule has 1 aromatic rings. The highest BCUT2D eigenvalue weighted by Gasteiger charge is 2.39. The van der Waals surface area contributed by atoms with Gasteiger partial charge in [0.25, 0.3) is 0 Å². The molecule has 0 aliphatic heterocycles.